The van der Waals surface area contributed by atoms with Crippen LogP contribution in [0.2, 0.25) is 0 Å². The zero-order valence-electron chi connectivity index (χ0n) is 12.5. The second-order valence-corrected chi connectivity index (χ2v) is 4.71. The van der Waals surface area contributed by atoms with Crippen molar-refractivity contribution in [2.45, 2.75) is 25.7 Å². The first-order chi connectivity index (χ1) is 10.7. The number of rotatable bonds is 10. The molecule has 1 aromatic rings. The molecule has 0 saturated heterocycles. The molecular formula is C16H22O6. The van der Waals surface area contributed by atoms with Crippen LogP contribution < -0.4 is 0 Å². The van der Waals surface area contributed by atoms with Crippen LogP contribution in [0.4, 0.5) is 0 Å². The normalized spacial score (nSPS) is 10.3. The van der Waals surface area contributed by atoms with Gasteiger partial charge in [0.2, 0.25) is 0 Å². The Morgan fingerprint density at radius 2 is 1.27 bits per heavy atom. The van der Waals surface area contributed by atoms with Gasteiger partial charge in [-0.15, -0.1) is 0 Å². The fourth-order valence-corrected chi connectivity index (χ4v) is 1.70. The van der Waals surface area contributed by atoms with E-state index in [0.29, 0.717) is 25.7 Å². The lowest BCUT2D eigenvalue weighted by atomic mass is 10.1. The molecule has 0 unspecified atom stereocenters. The van der Waals surface area contributed by atoms with Crippen LogP contribution in [0.3, 0.4) is 0 Å². The van der Waals surface area contributed by atoms with Gasteiger partial charge in [0, 0.05) is 13.2 Å². The largest absolute Gasteiger partial charge is 0.462 e. The molecule has 0 aromatic heterocycles. The average Bonchev–Trinajstić information content (AvgIpc) is 2.55. The minimum Gasteiger partial charge on any atom is -0.462 e. The zero-order valence-corrected chi connectivity index (χ0v) is 12.5. The van der Waals surface area contributed by atoms with Gasteiger partial charge in [-0.05, 0) is 43.9 Å². The van der Waals surface area contributed by atoms with Crippen LogP contribution in [0.25, 0.3) is 0 Å². The summed E-state index contributed by atoms with van der Waals surface area (Å²) in [6, 6.07) is 6.16. The number of hydrogen-bond acceptors (Lipinski definition) is 6. The molecule has 0 aliphatic heterocycles. The Balaban J connectivity index is 2.50. The predicted molar refractivity (Wildman–Crippen MR) is 79.6 cm³/mol. The molecule has 0 fully saturated rings. The molecular weight excluding hydrogens is 288 g/mol. The molecule has 0 bridgehead atoms. The SMILES string of the molecule is O=C(OCCCCO)c1cccc(C(=O)OCCCCO)c1. The molecule has 6 heteroatoms. The van der Waals surface area contributed by atoms with Gasteiger partial charge in [-0.3, -0.25) is 0 Å². The summed E-state index contributed by atoms with van der Waals surface area (Å²) in [4.78, 5) is 23.6. The van der Waals surface area contributed by atoms with E-state index in [0.717, 1.165) is 0 Å². The Kier molecular flexibility index (Phi) is 8.86. The van der Waals surface area contributed by atoms with Gasteiger partial charge in [0.05, 0.1) is 24.3 Å². The quantitative estimate of drug-likeness (QED) is 0.503. The molecule has 22 heavy (non-hydrogen) atoms. The maximum Gasteiger partial charge on any atom is 0.338 e. The first-order valence-corrected chi connectivity index (χ1v) is 7.35. The molecule has 1 aromatic carbocycles. The molecule has 0 amide bonds. The van der Waals surface area contributed by atoms with Crippen LogP contribution in [0.1, 0.15) is 46.4 Å². The number of aliphatic hydroxyl groups is 2. The highest BCUT2D eigenvalue weighted by molar-refractivity contribution is 5.95. The molecule has 122 valence electrons. The lowest BCUT2D eigenvalue weighted by Crippen LogP contribution is -2.10. The summed E-state index contributed by atoms with van der Waals surface area (Å²) in [6.45, 7) is 0.592. The van der Waals surface area contributed by atoms with Crippen LogP contribution in [0.5, 0.6) is 0 Å². The average molecular weight is 310 g/mol. The number of unbranched alkanes of at least 4 members (excludes halogenated alkanes) is 2. The van der Waals surface area contributed by atoms with Crippen molar-refractivity contribution in [2.24, 2.45) is 0 Å². The number of esters is 2. The van der Waals surface area contributed by atoms with Crippen molar-refractivity contribution in [1.82, 2.24) is 0 Å². The fourth-order valence-electron chi connectivity index (χ4n) is 1.70. The van der Waals surface area contributed by atoms with E-state index in [1.807, 2.05) is 0 Å². The Morgan fingerprint density at radius 3 is 1.68 bits per heavy atom. The summed E-state index contributed by atoms with van der Waals surface area (Å²) in [5.41, 5.74) is 0.572. The number of aliphatic hydroxyl groups excluding tert-OH is 2. The topological polar surface area (TPSA) is 93.1 Å². The Hall–Kier alpha value is -1.92. The standard InChI is InChI=1S/C16H22O6/c17-8-1-3-10-21-15(19)13-6-5-7-14(12-13)16(20)22-11-4-2-9-18/h5-7,12,17-18H,1-4,8-11H2. The molecule has 0 aliphatic carbocycles. The molecule has 0 saturated carbocycles. The Bertz CT molecular complexity index is 432. The summed E-state index contributed by atoms with van der Waals surface area (Å²) in [7, 11) is 0. The first kappa shape index (κ1) is 18.1. The van der Waals surface area contributed by atoms with E-state index in [1.54, 1.807) is 18.2 Å². The van der Waals surface area contributed by atoms with Crippen LogP contribution in [0, 0.1) is 0 Å². The second-order valence-electron chi connectivity index (χ2n) is 4.71. The van der Waals surface area contributed by atoms with Gasteiger partial charge in [0.25, 0.3) is 0 Å². The Morgan fingerprint density at radius 1 is 0.818 bits per heavy atom. The van der Waals surface area contributed by atoms with E-state index in [4.69, 9.17) is 19.7 Å². The van der Waals surface area contributed by atoms with Crippen molar-refractivity contribution in [3.05, 3.63) is 35.4 Å². The van der Waals surface area contributed by atoms with E-state index < -0.39 is 11.9 Å². The highest BCUT2D eigenvalue weighted by atomic mass is 16.5. The third-order valence-corrected chi connectivity index (χ3v) is 2.91. The lowest BCUT2D eigenvalue weighted by Gasteiger charge is -2.07. The molecule has 0 aliphatic rings. The van der Waals surface area contributed by atoms with Crippen LogP contribution in [-0.2, 0) is 9.47 Å². The van der Waals surface area contributed by atoms with Crippen LogP contribution in [-0.4, -0.2) is 48.6 Å². The molecule has 0 radical (unpaired) electrons. The minimum atomic E-state index is -0.507. The number of carbonyl (C=O) groups excluding carboxylic acids is 2. The van der Waals surface area contributed by atoms with Crippen molar-refractivity contribution >= 4 is 11.9 Å². The van der Waals surface area contributed by atoms with E-state index in [2.05, 4.69) is 0 Å². The van der Waals surface area contributed by atoms with Crippen LogP contribution in [0.15, 0.2) is 24.3 Å². The minimum absolute atomic E-state index is 0.0646. The number of benzene rings is 1. The number of carbonyl (C=O) groups is 2. The maximum absolute atomic E-state index is 11.8. The predicted octanol–water partition coefficient (Wildman–Crippen LogP) is 1.55. The van der Waals surface area contributed by atoms with Crippen molar-refractivity contribution in [1.29, 1.82) is 0 Å². The molecule has 0 spiro atoms. The van der Waals surface area contributed by atoms with Crippen molar-refractivity contribution < 1.29 is 29.3 Å². The third-order valence-electron chi connectivity index (χ3n) is 2.91. The molecule has 2 N–H and O–H groups in total. The molecule has 0 heterocycles. The van der Waals surface area contributed by atoms with Crippen molar-refractivity contribution in [2.75, 3.05) is 26.4 Å². The summed E-state index contributed by atoms with van der Waals surface area (Å²) < 4.78 is 10.1. The number of ether oxygens (including phenoxy) is 2. The molecule has 6 nitrogen and oxygen atoms in total. The van der Waals surface area contributed by atoms with Gasteiger partial charge < -0.3 is 19.7 Å². The molecule has 1 rings (SSSR count). The second kappa shape index (κ2) is 10.8. The van der Waals surface area contributed by atoms with Crippen molar-refractivity contribution in [3.8, 4) is 0 Å². The first-order valence-electron chi connectivity index (χ1n) is 7.35. The van der Waals surface area contributed by atoms with Gasteiger partial charge in [0.15, 0.2) is 0 Å². The zero-order chi connectivity index (χ0) is 16.2. The van der Waals surface area contributed by atoms with E-state index in [1.165, 1.54) is 6.07 Å². The van der Waals surface area contributed by atoms with E-state index in [-0.39, 0.29) is 37.6 Å². The lowest BCUT2D eigenvalue weighted by molar-refractivity contribution is 0.0490. The van der Waals surface area contributed by atoms with Crippen molar-refractivity contribution in [3.63, 3.8) is 0 Å². The van der Waals surface area contributed by atoms with E-state index >= 15 is 0 Å². The maximum atomic E-state index is 11.8. The third kappa shape index (κ3) is 6.69. The summed E-state index contributed by atoms with van der Waals surface area (Å²) in [6.07, 6.45) is 2.34. The smallest absolute Gasteiger partial charge is 0.338 e. The summed E-state index contributed by atoms with van der Waals surface area (Å²) in [5.74, 6) is -1.01. The van der Waals surface area contributed by atoms with E-state index in [9.17, 15) is 9.59 Å². The summed E-state index contributed by atoms with van der Waals surface area (Å²) >= 11 is 0. The molecule has 0 atom stereocenters. The fraction of sp³-hybridized carbons (Fsp3) is 0.500. The van der Waals surface area contributed by atoms with Gasteiger partial charge in [-0.2, -0.15) is 0 Å². The Labute approximate surface area is 129 Å². The summed E-state index contributed by atoms with van der Waals surface area (Å²) in [5, 5.41) is 17.3. The van der Waals surface area contributed by atoms with Gasteiger partial charge >= 0.3 is 11.9 Å². The van der Waals surface area contributed by atoms with Gasteiger partial charge in [0.1, 0.15) is 0 Å². The highest BCUT2D eigenvalue weighted by Gasteiger charge is 2.12. The van der Waals surface area contributed by atoms with Crippen LogP contribution >= 0.6 is 0 Å². The van der Waals surface area contributed by atoms with Gasteiger partial charge in [-0.1, -0.05) is 6.07 Å². The highest BCUT2D eigenvalue weighted by Crippen LogP contribution is 2.09. The monoisotopic (exact) mass is 310 g/mol. The number of hydrogen-bond donors (Lipinski definition) is 2. The van der Waals surface area contributed by atoms with Gasteiger partial charge in [-0.25, -0.2) is 9.59 Å².